The molecule has 2 rings (SSSR count). The Balaban J connectivity index is 1.88. The summed E-state index contributed by atoms with van der Waals surface area (Å²) in [5.74, 6) is 0. The van der Waals surface area contributed by atoms with Gasteiger partial charge in [-0.2, -0.15) is 0 Å². The summed E-state index contributed by atoms with van der Waals surface area (Å²) in [6, 6.07) is 0.552. The van der Waals surface area contributed by atoms with Gasteiger partial charge >= 0.3 is 0 Å². The van der Waals surface area contributed by atoms with Crippen LogP contribution in [-0.2, 0) is 4.84 Å². The molecule has 2 heterocycles. The van der Waals surface area contributed by atoms with Crippen LogP contribution in [0.1, 0.15) is 26.2 Å². The van der Waals surface area contributed by atoms with E-state index in [1.54, 1.807) is 0 Å². The van der Waals surface area contributed by atoms with E-state index in [9.17, 15) is 0 Å². The number of hydrogen-bond acceptors (Lipinski definition) is 3. The third-order valence-corrected chi connectivity index (χ3v) is 2.39. The van der Waals surface area contributed by atoms with Gasteiger partial charge in [-0.3, -0.25) is 0 Å². The van der Waals surface area contributed by atoms with Crippen molar-refractivity contribution in [1.82, 2.24) is 5.32 Å². The maximum absolute atomic E-state index is 5.27. The Labute approximate surface area is 66.8 Å². The molecule has 1 saturated heterocycles. The maximum Gasteiger partial charge on any atom is 0.148 e. The molecule has 0 amide bonds. The molecule has 2 aliphatic heterocycles. The zero-order valence-corrected chi connectivity index (χ0v) is 6.84. The first-order valence-electron chi connectivity index (χ1n) is 4.29. The van der Waals surface area contributed by atoms with Gasteiger partial charge in [0.25, 0.3) is 0 Å². The molecule has 0 radical (unpaired) electrons. The lowest BCUT2D eigenvalue weighted by Gasteiger charge is -2.15. The van der Waals surface area contributed by atoms with Gasteiger partial charge in [0, 0.05) is 12.5 Å². The minimum absolute atomic E-state index is 0.317. The van der Waals surface area contributed by atoms with E-state index in [4.69, 9.17) is 4.84 Å². The van der Waals surface area contributed by atoms with E-state index < -0.39 is 0 Å². The summed E-state index contributed by atoms with van der Waals surface area (Å²) in [7, 11) is 0. The highest BCUT2D eigenvalue weighted by molar-refractivity contribution is 5.82. The SMILES string of the molecule is CC1=NOC([C@@H]2CCCN2)C1. The Hall–Kier alpha value is -0.570. The van der Waals surface area contributed by atoms with Crippen molar-refractivity contribution in [2.75, 3.05) is 6.54 Å². The number of rotatable bonds is 1. The predicted molar refractivity (Wildman–Crippen MR) is 43.6 cm³/mol. The highest BCUT2D eigenvalue weighted by atomic mass is 16.6. The average molecular weight is 154 g/mol. The smallest absolute Gasteiger partial charge is 0.148 e. The number of nitrogens with zero attached hydrogens (tertiary/aromatic N) is 1. The standard InChI is InChI=1S/C8H14N2O/c1-6-5-8(11-10-6)7-3-2-4-9-7/h7-9H,2-5H2,1H3/t7-,8?/m0/s1. The van der Waals surface area contributed by atoms with Crippen molar-refractivity contribution < 1.29 is 4.84 Å². The quantitative estimate of drug-likeness (QED) is 0.609. The molecule has 0 saturated carbocycles. The van der Waals surface area contributed by atoms with Crippen LogP contribution in [0.2, 0.25) is 0 Å². The molecule has 2 atom stereocenters. The predicted octanol–water partition coefficient (Wildman–Crippen LogP) is 0.903. The van der Waals surface area contributed by atoms with Crippen LogP contribution in [-0.4, -0.2) is 24.4 Å². The molecule has 3 nitrogen and oxygen atoms in total. The fourth-order valence-electron chi connectivity index (χ4n) is 1.77. The molecule has 2 aliphatic rings. The van der Waals surface area contributed by atoms with Crippen LogP contribution in [0.5, 0.6) is 0 Å². The van der Waals surface area contributed by atoms with Crippen LogP contribution in [0.3, 0.4) is 0 Å². The van der Waals surface area contributed by atoms with E-state index in [0.29, 0.717) is 12.1 Å². The summed E-state index contributed by atoms with van der Waals surface area (Å²) < 4.78 is 0. The lowest BCUT2D eigenvalue weighted by atomic mass is 10.1. The van der Waals surface area contributed by atoms with E-state index in [1.807, 2.05) is 6.92 Å². The first-order chi connectivity index (χ1) is 5.36. The molecule has 0 spiro atoms. The number of nitrogens with one attached hydrogen (secondary N) is 1. The molecule has 0 bridgehead atoms. The maximum atomic E-state index is 5.27. The van der Waals surface area contributed by atoms with Gasteiger partial charge in [0.15, 0.2) is 0 Å². The molecule has 62 valence electrons. The first kappa shape index (κ1) is 7.10. The largest absolute Gasteiger partial charge is 0.390 e. The molecular formula is C8H14N2O. The fourth-order valence-corrected chi connectivity index (χ4v) is 1.77. The molecule has 11 heavy (non-hydrogen) atoms. The van der Waals surface area contributed by atoms with E-state index >= 15 is 0 Å². The Morgan fingerprint density at radius 1 is 1.64 bits per heavy atom. The van der Waals surface area contributed by atoms with Crippen LogP contribution in [0, 0.1) is 0 Å². The summed E-state index contributed by atoms with van der Waals surface area (Å²) in [5.41, 5.74) is 1.13. The van der Waals surface area contributed by atoms with E-state index in [-0.39, 0.29) is 0 Å². The molecular weight excluding hydrogens is 140 g/mol. The van der Waals surface area contributed by atoms with E-state index in [0.717, 1.165) is 18.7 Å². The summed E-state index contributed by atoms with van der Waals surface area (Å²) in [4.78, 5) is 5.27. The van der Waals surface area contributed by atoms with Crippen molar-refractivity contribution in [2.45, 2.75) is 38.3 Å². The lowest BCUT2D eigenvalue weighted by molar-refractivity contribution is 0.0606. The van der Waals surface area contributed by atoms with Crippen molar-refractivity contribution >= 4 is 5.71 Å². The molecule has 3 heteroatoms. The van der Waals surface area contributed by atoms with Gasteiger partial charge in [-0.15, -0.1) is 0 Å². The Morgan fingerprint density at radius 2 is 2.55 bits per heavy atom. The van der Waals surface area contributed by atoms with Crippen LogP contribution in [0.4, 0.5) is 0 Å². The van der Waals surface area contributed by atoms with Gasteiger partial charge in [-0.1, -0.05) is 5.16 Å². The molecule has 0 aromatic carbocycles. The van der Waals surface area contributed by atoms with Gasteiger partial charge in [0.1, 0.15) is 6.10 Å². The molecule has 0 aliphatic carbocycles. The van der Waals surface area contributed by atoms with Crippen molar-refractivity contribution in [3.8, 4) is 0 Å². The zero-order valence-electron chi connectivity index (χ0n) is 6.84. The number of oxime groups is 1. The third-order valence-electron chi connectivity index (χ3n) is 2.39. The molecule has 0 aromatic rings. The fraction of sp³-hybridized carbons (Fsp3) is 0.875. The average Bonchev–Trinajstić information content (AvgIpc) is 2.55. The molecule has 1 N–H and O–H groups in total. The summed E-state index contributed by atoms with van der Waals surface area (Å²) in [5, 5.41) is 7.36. The summed E-state index contributed by atoms with van der Waals surface area (Å²) in [6.45, 7) is 3.17. The zero-order chi connectivity index (χ0) is 7.68. The van der Waals surface area contributed by atoms with Gasteiger partial charge in [-0.05, 0) is 26.3 Å². The molecule has 1 fully saturated rings. The second-order valence-corrected chi connectivity index (χ2v) is 3.38. The monoisotopic (exact) mass is 154 g/mol. The number of hydrogen-bond donors (Lipinski definition) is 1. The topological polar surface area (TPSA) is 33.6 Å². The van der Waals surface area contributed by atoms with E-state index in [1.165, 1.54) is 12.8 Å². The molecule has 0 aromatic heterocycles. The Morgan fingerprint density at radius 3 is 3.09 bits per heavy atom. The highest BCUT2D eigenvalue weighted by Gasteiger charge is 2.29. The Bertz CT molecular complexity index is 173. The normalized spacial score (nSPS) is 37.0. The van der Waals surface area contributed by atoms with Crippen molar-refractivity contribution in [2.24, 2.45) is 5.16 Å². The van der Waals surface area contributed by atoms with Crippen LogP contribution < -0.4 is 5.32 Å². The van der Waals surface area contributed by atoms with Gasteiger partial charge in [0.05, 0.1) is 5.71 Å². The van der Waals surface area contributed by atoms with Gasteiger partial charge in [0.2, 0.25) is 0 Å². The first-order valence-corrected chi connectivity index (χ1v) is 4.29. The summed E-state index contributed by atoms with van der Waals surface area (Å²) in [6.07, 6.45) is 3.85. The lowest BCUT2D eigenvalue weighted by Crippen LogP contribution is -2.34. The van der Waals surface area contributed by atoms with Crippen molar-refractivity contribution in [3.63, 3.8) is 0 Å². The minimum Gasteiger partial charge on any atom is -0.390 e. The van der Waals surface area contributed by atoms with E-state index in [2.05, 4.69) is 10.5 Å². The highest BCUT2D eigenvalue weighted by Crippen LogP contribution is 2.19. The third kappa shape index (κ3) is 1.38. The van der Waals surface area contributed by atoms with Crippen LogP contribution in [0.15, 0.2) is 5.16 Å². The van der Waals surface area contributed by atoms with Crippen LogP contribution >= 0.6 is 0 Å². The second-order valence-electron chi connectivity index (χ2n) is 3.38. The van der Waals surface area contributed by atoms with Crippen molar-refractivity contribution in [1.29, 1.82) is 0 Å². The van der Waals surface area contributed by atoms with Crippen LogP contribution in [0.25, 0.3) is 0 Å². The Kier molecular flexibility index (Phi) is 1.82. The summed E-state index contributed by atoms with van der Waals surface area (Å²) >= 11 is 0. The second kappa shape index (κ2) is 2.81. The minimum atomic E-state index is 0.317. The molecule has 1 unspecified atom stereocenters. The van der Waals surface area contributed by atoms with Gasteiger partial charge in [-0.25, -0.2) is 0 Å². The van der Waals surface area contributed by atoms with Crippen molar-refractivity contribution in [3.05, 3.63) is 0 Å². The van der Waals surface area contributed by atoms with Gasteiger partial charge < -0.3 is 10.2 Å².